The number of ether oxygens (including phenoxy) is 1. The molecule has 0 radical (unpaired) electrons. The fraction of sp³-hybridized carbons (Fsp3) is 0.900. The zero-order valence-electron chi connectivity index (χ0n) is 9.88. The van der Waals surface area contributed by atoms with Crippen LogP contribution < -0.4 is 5.73 Å². The molecule has 17 heavy (non-hydrogen) atoms. The summed E-state index contributed by atoms with van der Waals surface area (Å²) in [6.45, 7) is 1.57. The van der Waals surface area contributed by atoms with Crippen molar-refractivity contribution in [2.24, 2.45) is 17.1 Å². The van der Waals surface area contributed by atoms with Crippen LogP contribution in [0.5, 0.6) is 0 Å². The van der Waals surface area contributed by atoms with E-state index in [1.165, 1.54) is 0 Å². The van der Waals surface area contributed by atoms with E-state index in [-0.39, 0.29) is 25.5 Å². The fourth-order valence-electron chi connectivity index (χ4n) is 1.51. The summed E-state index contributed by atoms with van der Waals surface area (Å²) in [4.78, 5) is 11.1. The van der Waals surface area contributed by atoms with E-state index in [1.807, 2.05) is 0 Å². The van der Waals surface area contributed by atoms with Crippen LogP contribution in [0.3, 0.4) is 0 Å². The summed E-state index contributed by atoms with van der Waals surface area (Å²) in [6.07, 6.45) is -4.43. The van der Waals surface area contributed by atoms with E-state index in [0.717, 1.165) is 0 Å². The van der Waals surface area contributed by atoms with Crippen LogP contribution in [0.2, 0.25) is 0 Å². The zero-order valence-corrected chi connectivity index (χ0v) is 9.88. The first kappa shape index (κ1) is 16.2. The Labute approximate surface area is 97.9 Å². The summed E-state index contributed by atoms with van der Waals surface area (Å²) in [5, 5.41) is 9.10. The van der Waals surface area contributed by atoms with Gasteiger partial charge in [0.05, 0.1) is 5.41 Å². The van der Waals surface area contributed by atoms with Crippen molar-refractivity contribution >= 4 is 5.97 Å². The minimum Gasteiger partial charge on any atom is -0.481 e. The Morgan fingerprint density at radius 1 is 1.41 bits per heavy atom. The summed E-state index contributed by atoms with van der Waals surface area (Å²) < 4.78 is 39.8. The van der Waals surface area contributed by atoms with Crippen molar-refractivity contribution in [2.45, 2.75) is 26.4 Å². The molecule has 0 saturated carbocycles. The monoisotopic (exact) mass is 257 g/mol. The Morgan fingerprint density at radius 2 is 1.94 bits per heavy atom. The van der Waals surface area contributed by atoms with Gasteiger partial charge in [0.15, 0.2) is 0 Å². The highest BCUT2D eigenvalue weighted by atomic mass is 19.4. The molecular formula is C10H18F3NO3. The molecule has 1 atom stereocenters. The highest BCUT2D eigenvalue weighted by Gasteiger charge is 2.40. The number of nitrogens with two attached hydrogens (primary N) is 1. The Hall–Kier alpha value is -0.820. The summed E-state index contributed by atoms with van der Waals surface area (Å²) in [7, 11) is 0. The predicted molar refractivity (Wildman–Crippen MR) is 55.5 cm³/mol. The number of hydrogen-bond donors (Lipinski definition) is 2. The van der Waals surface area contributed by atoms with Crippen LogP contribution in [0, 0.1) is 11.3 Å². The molecule has 0 aromatic rings. The standard InChI is InChI=1S/C10H18F3NO3/c1-7(2)9(5-14,8(15)16)3-4-17-6-10(11,12)13/h7H,3-6,14H2,1-2H3,(H,15,16). The van der Waals surface area contributed by atoms with E-state index < -0.39 is 24.2 Å². The number of carboxylic acids is 1. The van der Waals surface area contributed by atoms with Crippen molar-refractivity contribution in [2.75, 3.05) is 19.8 Å². The molecule has 0 aliphatic heterocycles. The highest BCUT2D eigenvalue weighted by molar-refractivity contribution is 5.75. The van der Waals surface area contributed by atoms with Crippen LogP contribution in [-0.2, 0) is 9.53 Å². The van der Waals surface area contributed by atoms with Gasteiger partial charge >= 0.3 is 12.1 Å². The Bertz CT molecular complexity index is 256. The Kier molecular flexibility index (Phi) is 5.91. The van der Waals surface area contributed by atoms with Gasteiger partial charge < -0.3 is 15.6 Å². The number of hydrogen-bond acceptors (Lipinski definition) is 3. The van der Waals surface area contributed by atoms with Gasteiger partial charge in [-0.2, -0.15) is 13.2 Å². The van der Waals surface area contributed by atoms with E-state index in [0.29, 0.717) is 0 Å². The topological polar surface area (TPSA) is 72.5 Å². The van der Waals surface area contributed by atoms with Crippen LogP contribution >= 0.6 is 0 Å². The summed E-state index contributed by atoms with van der Waals surface area (Å²) in [6, 6.07) is 0. The molecule has 0 heterocycles. The van der Waals surface area contributed by atoms with Crippen LogP contribution in [-0.4, -0.2) is 37.0 Å². The fourth-order valence-corrected chi connectivity index (χ4v) is 1.51. The Morgan fingerprint density at radius 3 is 2.24 bits per heavy atom. The van der Waals surface area contributed by atoms with E-state index >= 15 is 0 Å². The smallest absolute Gasteiger partial charge is 0.411 e. The molecule has 0 fully saturated rings. The first-order chi connectivity index (χ1) is 7.65. The third-order valence-electron chi connectivity index (χ3n) is 2.85. The number of halogens is 3. The molecule has 0 aromatic carbocycles. The van der Waals surface area contributed by atoms with Gasteiger partial charge in [0.2, 0.25) is 0 Å². The summed E-state index contributed by atoms with van der Waals surface area (Å²) in [5.41, 5.74) is 4.19. The van der Waals surface area contributed by atoms with Crippen molar-refractivity contribution in [1.82, 2.24) is 0 Å². The molecule has 3 N–H and O–H groups in total. The molecule has 0 spiro atoms. The zero-order chi connectivity index (χ0) is 13.7. The van der Waals surface area contributed by atoms with Crippen molar-refractivity contribution in [3.8, 4) is 0 Å². The number of alkyl halides is 3. The van der Waals surface area contributed by atoms with Crippen LogP contribution in [0.4, 0.5) is 13.2 Å². The molecule has 0 bridgehead atoms. The molecule has 0 saturated heterocycles. The highest BCUT2D eigenvalue weighted by Crippen LogP contribution is 2.31. The van der Waals surface area contributed by atoms with Gasteiger partial charge in [0, 0.05) is 13.2 Å². The van der Waals surface area contributed by atoms with E-state index in [1.54, 1.807) is 13.8 Å². The van der Waals surface area contributed by atoms with Crippen LogP contribution in [0.15, 0.2) is 0 Å². The van der Waals surface area contributed by atoms with E-state index in [2.05, 4.69) is 4.74 Å². The number of rotatable bonds is 7. The lowest BCUT2D eigenvalue weighted by Crippen LogP contribution is -2.44. The molecule has 0 amide bonds. The minimum absolute atomic E-state index is 0.0351. The normalized spacial score (nSPS) is 15.9. The summed E-state index contributed by atoms with van der Waals surface area (Å²) >= 11 is 0. The molecule has 102 valence electrons. The van der Waals surface area contributed by atoms with Gasteiger partial charge in [0.25, 0.3) is 0 Å². The van der Waals surface area contributed by atoms with E-state index in [4.69, 9.17) is 10.8 Å². The Balaban J connectivity index is 4.33. The molecule has 7 heteroatoms. The number of carboxylic acid groups (broad SMARTS) is 1. The maximum absolute atomic E-state index is 11.8. The van der Waals surface area contributed by atoms with Gasteiger partial charge in [-0.3, -0.25) is 4.79 Å². The van der Waals surface area contributed by atoms with Gasteiger partial charge in [-0.15, -0.1) is 0 Å². The van der Waals surface area contributed by atoms with Crippen molar-refractivity contribution in [1.29, 1.82) is 0 Å². The predicted octanol–water partition coefficient (Wildman–Crippen LogP) is 1.64. The van der Waals surface area contributed by atoms with Crippen molar-refractivity contribution in [3.63, 3.8) is 0 Å². The number of aliphatic carboxylic acids is 1. The second-order valence-electron chi connectivity index (χ2n) is 4.24. The van der Waals surface area contributed by atoms with Gasteiger partial charge in [-0.25, -0.2) is 0 Å². The average molecular weight is 257 g/mol. The molecule has 0 aromatic heterocycles. The second kappa shape index (κ2) is 6.20. The van der Waals surface area contributed by atoms with Crippen molar-refractivity contribution in [3.05, 3.63) is 0 Å². The lowest BCUT2D eigenvalue weighted by molar-refractivity contribution is -0.177. The largest absolute Gasteiger partial charge is 0.481 e. The first-order valence-corrected chi connectivity index (χ1v) is 5.23. The molecule has 0 aliphatic rings. The quantitative estimate of drug-likeness (QED) is 0.680. The third kappa shape index (κ3) is 4.91. The average Bonchev–Trinajstić information content (AvgIpc) is 2.15. The number of carbonyl (C=O) groups is 1. The van der Waals surface area contributed by atoms with Crippen molar-refractivity contribution < 1.29 is 27.8 Å². The molecule has 4 nitrogen and oxygen atoms in total. The third-order valence-corrected chi connectivity index (χ3v) is 2.85. The van der Waals surface area contributed by atoms with Gasteiger partial charge in [0.1, 0.15) is 6.61 Å². The molecule has 0 aliphatic carbocycles. The first-order valence-electron chi connectivity index (χ1n) is 5.23. The van der Waals surface area contributed by atoms with Crippen LogP contribution in [0.1, 0.15) is 20.3 Å². The van der Waals surface area contributed by atoms with Crippen LogP contribution in [0.25, 0.3) is 0 Å². The molecule has 0 rings (SSSR count). The minimum atomic E-state index is -4.40. The lowest BCUT2D eigenvalue weighted by atomic mass is 9.75. The second-order valence-corrected chi connectivity index (χ2v) is 4.24. The summed E-state index contributed by atoms with van der Waals surface area (Å²) in [5.74, 6) is -1.38. The SMILES string of the molecule is CC(C)C(CN)(CCOCC(F)(F)F)C(=O)O. The molecular weight excluding hydrogens is 239 g/mol. The van der Waals surface area contributed by atoms with Gasteiger partial charge in [-0.1, -0.05) is 13.8 Å². The van der Waals surface area contributed by atoms with E-state index in [9.17, 15) is 18.0 Å². The van der Waals surface area contributed by atoms with Gasteiger partial charge in [-0.05, 0) is 12.3 Å². The lowest BCUT2D eigenvalue weighted by Gasteiger charge is -2.31. The maximum Gasteiger partial charge on any atom is 0.411 e. The molecule has 1 unspecified atom stereocenters. The maximum atomic E-state index is 11.8.